The van der Waals surface area contributed by atoms with Crippen LogP contribution in [0.15, 0.2) is 54.6 Å². The number of aryl methyl sites for hydroxylation is 1. The molecule has 2 atom stereocenters. The Morgan fingerprint density at radius 2 is 1.61 bits per heavy atom. The first-order chi connectivity index (χ1) is 11.2. The Labute approximate surface area is 139 Å². The molecule has 23 heavy (non-hydrogen) atoms. The lowest BCUT2D eigenvalue weighted by molar-refractivity contribution is -0.0550. The average molecular weight is 309 g/mol. The van der Waals surface area contributed by atoms with E-state index in [4.69, 9.17) is 4.74 Å². The van der Waals surface area contributed by atoms with Gasteiger partial charge in [-0.3, -0.25) is 5.32 Å². The fraction of sp³-hybridized carbons (Fsp3) is 0.429. The van der Waals surface area contributed by atoms with Crippen LogP contribution in [0.5, 0.6) is 0 Å². The van der Waals surface area contributed by atoms with E-state index in [1.807, 2.05) is 0 Å². The number of hydrogen-bond donors (Lipinski definition) is 1. The van der Waals surface area contributed by atoms with Crippen molar-refractivity contribution in [3.05, 3.63) is 71.3 Å². The molecule has 1 aliphatic rings. The van der Waals surface area contributed by atoms with E-state index in [0.717, 1.165) is 19.3 Å². The van der Waals surface area contributed by atoms with E-state index in [-0.39, 0.29) is 11.8 Å². The summed E-state index contributed by atoms with van der Waals surface area (Å²) in [5.74, 6) is 0. The lowest BCUT2D eigenvalue weighted by Gasteiger charge is -2.32. The summed E-state index contributed by atoms with van der Waals surface area (Å²) in [6, 6.07) is 19.7. The molecule has 1 saturated heterocycles. The standard InChI is InChI=1S/C21H27NO/c1-4-21(5-2)19(15-17-9-7-6-8-10-17)22-20(23-21)18-13-11-16(3)12-14-18/h6-14,19-20,22H,4-5,15H2,1-3H3/t19-,20-/m0/s1. The third-order valence-electron chi connectivity index (χ3n) is 5.20. The van der Waals surface area contributed by atoms with Crippen molar-refractivity contribution in [3.8, 4) is 0 Å². The van der Waals surface area contributed by atoms with Crippen LogP contribution in [-0.4, -0.2) is 11.6 Å². The van der Waals surface area contributed by atoms with Crippen molar-refractivity contribution in [1.82, 2.24) is 5.32 Å². The largest absolute Gasteiger partial charge is 0.351 e. The highest BCUT2D eigenvalue weighted by Crippen LogP contribution is 2.39. The molecule has 0 amide bonds. The third-order valence-corrected chi connectivity index (χ3v) is 5.20. The molecule has 122 valence electrons. The molecule has 2 nitrogen and oxygen atoms in total. The Morgan fingerprint density at radius 3 is 2.22 bits per heavy atom. The van der Waals surface area contributed by atoms with E-state index in [9.17, 15) is 0 Å². The van der Waals surface area contributed by atoms with Gasteiger partial charge in [0.05, 0.1) is 5.60 Å². The van der Waals surface area contributed by atoms with E-state index < -0.39 is 0 Å². The molecule has 0 aliphatic carbocycles. The summed E-state index contributed by atoms with van der Waals surface area (Å²) >= 11 is 0. The topological polar surface area (TPSA) is 21.3 Å². The molecule has 1 fully saturated rings. The predicted molar refractivity (Wildman–Crippen MR) is 95.4 cm³/mol. The van der Waals surface area contributed by atoms with Crippen molar-refractivity contribution in [2.45, 2.75) is 57.9 Å². The van der Waals surface area contributed by atoms with Gasteiger partial charge in [-0.1, -0.05) is 74.0 Å². The zero-order valence-electron chi connectivity index (χ0n) is 14.4. The minimum absolute atomic E-state index is 0.00999. The second-order valence-corrected chi connectivity index (χ2v) is 6.59. The van der Waals surface area contributed by atoms with Crippen molar-refractivity contribution in [2.24, 2.45) is 0 Å². The summed E-state index contributed by atoms with van der Waals surface area (Å²) in [4.78, 5) is 0. The van der Waals surface area contributed by atoms with Crippen LogP contribution in [-0.2, 0) is 11.2 Å². The Morgan fingerprint density at radius 1 is 0.957 bits per heavy atom. The number of nitrogens with one attached hydrogen (secondary N) is 1. The molecule has 1 aliphatic heterocycles. The minimum atomic E-state index is -0.0919. The van der Waals surface area contributed by atoms with Gasteiger partial charge in [0.15, 0.2) is 0 Å². The number of rotatable bonds is 5. The van der Waals surface area contributed by atoms with E-state index >= 15 is 0 Å². The van der Waals surface area contributed by atoms with Crippen molar-refractivity contribution >= 4 is 0 Å². The van der Waals surface area contributed by atoms with Crippen molar-refractivity contribution in [1.29, 1.82) is 0 Å². The summed E-state index contributed by atoms with van der Waals surface area (Å²) in [5, 5.41) is 3.75. The van der Waals surface area contributed by atoms with Crippen LogP contribution in [0.4, 0.5) is 0 Å². The summed E-state index contributed by atoms with van der Waals surface area (Å²) in [5.41, 5.74) is 3.78. The molecular formula is C21H27NO. The van der Waals surface area contributed by atoms with Gasteiger partial charge in [-0.05, 0) is 37.3 Å². The Hall–Kier alpha value is -1.64. The van der Waals surface area contributed by atoms with Gasteiger partial charge < -0.3 is 4.74 Å². The molecule has 0 unspecified atom stereocenters. The third kappa shape index (κ3) is 3.34. The predicted octanol–water partition coefficient (Wildman–Crippen LogP) is 4.78. The Bertz CT molecular complexity index is 616. The van der Waals surface area contributed by atoms with E-state index in [1.54, 1.807) is 0 Å². The first-order valence-corrected chi connectivity index (χ1v) is 8.71. The smallest absolute Gasteiger partial charge is 0.135 e. The van der Waals surface area contributed by atoms with E-state index in [0.29, 0.717) is 6.04 Å². The summed E-state index contributed by atoms with van der Waals surface area (Å²) < 4.78 is 6.55. The zero-order valence-corrected chi connectivity index (χ0v) is 14.4. The summed E-state index contributed by atoms with van der Waals surface area (Å²) in [6.07, 6.45) is 3.04. The maximum absolute atomic E-state index is 6.55. The minimum Gasteiger partial charge on any atom is -0.351 e. The molecule has 0 bridgehead atoms. The zero-order chi connectivity index (χ0) is 16.3. The second kappa shape index (κ2) is 6.86. The Kier molecular flexibility index (Phi) is 4.84. The van der Waals surface area contributed by atoms with Gasteiger partial charge in [-0.2, -0.15) is 0 Å². The number of benzene rings is 2. The summed E-state index contributed by atoms with van der Waals surface area (Å²) in [7, 11) is 0. The van der Waals surface area contributed by atoms with Gasteiger partial charge in [0.1, 0.15) is 6.23 Å². The van der Waals surface area contributed by atoms with Crippen LogP contribution >= 0.6 is 0 Å². The van der Waals surface area contributed by atoms with Crippen molar-refractivity contribution in [3.63, 3.8) is 0 Å². The van der Waals surface area contributed by atoms with Crippen molar-refractivity contribution in [2.75, 3.05) is 0 Å². The molecule has 2 aromatic carbocycles. The Balaban J connectivity index is 1.83. The van der Waals surface area contributed by atoms with E-state index in [2.05, 4.69) is 80.7 Å². The molecule has 0 spiro atoms. The fourth-order valence-corrected chi connectivity index (χ4v) is 3.60. The molecule has 1 N–H and O–H groups in total. The highest BCUT2D eigenvalue weighted by atomic mass is 16.5. The van der Waals surface area contributed by atoms with E-state index in [1.165, 1.54) is 16.7 Å². The SMILES string of the molecule is CCC1(CC)O[C@@H](c2ccc(C)cc2)N[C@H]1Cc1ccccc1. The van der Waals surface area contributed by atoms with Gasteiger partial charge in [0.2, 0.25) is 0 Å². The number of ether oxygens (including phenoxy) is 1. The second-order valence-electron chi connectivity index (χ2n) is 6.59. The highest BCUT2D eigenvalue weighted by Gasteiger charge is 2.45. The fourth-order valence-electron chi connectivity index (χ4n) is 3.60. The first kappa shape index (κ1) is 16.2. The molecule has 0 saturated carbocycles. The van der Waals surface area contributed by atoms with Crippen LogP contribution in [0.3, 0.4) is 0 Å². The lowest BCUT2D eigenvalue weighted by atomic mass is 9.85. The average Bonchev–Trinajstić information content (AvgIpc) is 2.95. The van der Waals surface area contributed by atoms with Gasteiger partial charge in [-0.25, -0.2) is 0 Å². The highest BCUT2D eigenvalue weighted by molar-refractivity contribution is 5.25. The quantitative estimate of drug-likeness (QED) is 0.858. The monoisotopic (exact) mass is 309 g/mol. The van der Waals surface area contributed by atoms with Crippen LogP contribution in [0.25, 0.3) is 0 Å². The normalized spacial score (nSPS) is 23.1. The van der Waals surface area contributed by atoms with Crippen LogP contribution < -0.4 is 5.32 Å². The molecule has 2 aromatic rings. The molecule has 0 aromatic heterocycles. The molecule has 0 radical (unpaired) electrons. The molecule has 3 rings (SSSR count). The lowest BCUT2D eigenvalue weighted by Crippen LogP contribution is -2.44. The van der Waals surface area contributed by atoms with Crippen LogP contribution in [0.2, 0.25) is 0 Å². The molecule has 2 heteroatoms. The van der Waals surface area contributed by atoms with Gasteiger partial charge in [0, 0.05) is 6.04 Å². The number of hydrogen-bond acceptors (Lipinski definition) is 2. The van der Waals surface area contributed by atoms with Crippen LogP contribution in [0.1, 0.15) is 49.6 Å². The summed E-state index contributed by atoms with van der Waals surface area (Å²) in [6.45, 7) is 6.59. The first-order valence-electron chi connectivity index (χ1n) is 8.71. The maximum atomic E-state index is 6.55. The van der Waals surface area contributed by atoms with Gasteiger partial charge in [-0.15, -0.1) is 0 Å². The van der Waals surface area contributed by atoms with Gasteiger partial charge >= 0.3 is 0 Å². The molecule has 1 heterocycles. The molecular weight excluding hydrogens is 282 g/mol. The van der Waals surface area contributed by atoms with Crippen LogP contribution in [0, 0.1) is 6.92 Å². The van der Waals surface area contributed by atoms with Gasteiger partial charge in [0.25, 0.3) is 0 Å². The maximum Gasteiger partial charge on any atom is 0.135 e. The van der Waals surface area contributed by atoms with Crippen molar-refractivity contribution < 1.29 is 4.74 Å².